The first-order chi connectivity index (χ1) is 7.35. The lowest BCUT2D eigenvalue weighted by atomic mass is 10.4. The van der Waals surface area contributed by atoms with Crippen LogP contribution in [0.15, 0.2) is 17.3 Å². The van der Waals surface area contributed by atoms with Gasteiger partial charge in [-0.3, -0.25) is 9.89 Å². The predicted octanol–water partition coefficient (Wildman–Crippen LogP) is -0.107. The number of aliphatic carboxylic acids is 1. The smallest absolute Gasteiger partial charge is 0.318 e. The van der Waals surface area contributed by atoms with Crippen molar-refractivity contribution in [3.63, 3.8) is 0 Å². The van der Waals surface area contributed by atoms with Gasteiger partial charge in [0.05, 0.1) is 6.20 Å². The van der Waals surface area contributed by atoms with Crippen molar-refractivity contribution in [2.45, 2.75) is 24.9 Å². The van der Waals surface area contributed by atoms with E-state index in [4.69, 9.17) is 5.11 Å². The third-order valence-corrected chi connectivity index (χ3v) is 3.88. The Bertz CT molecular complexity index is 452. The van der Waals surface area contributed by atoms with Crippen LogP contribution in [-0.2, 0) is 14.8 Å². The van der Waals surface area contributed by atoms with E-state index in [2.05, 4.69) is 10.2 Å². The van der Waals surface area contributed by atoms with Gasteiger partial charge in [-0.25, -0.2) is 8.42 Å². The molecule has 1 rings (SSSR count). The Morgan fingerprint density at radius 2 is 2.25 bits per heavy atom. The largest absolute Gasteiger partial charge is 0.480 e. The number of H-pyrrole nitrogens is 1. The van der Waals surface area contributed by atoms with Crippen molar-refractivity contribution in [1.29, 1.82) is 0 Å². The van der Waals surface area contributed by atoms with Gasteiger partial charge in [-0.05, 0) is 19.9 Å². The minimum atomic E-state index is -3.82. The maximum atomic E-state index is 12.0. The van der Waals surface area contributed by atoms with Gasteiger partial charge in [0.1, 0.15) is 6.54 Å². The summed E-state index contributed by atoms with van der Waals surface area (Å²) in [6.07, 6.45) is 1.30. The van der Waals surface area contributed by atoms with Crippen molar-refractivity contribution in [3.8, 4) is 0 Å². The average Bonchev–Trinajstić information content (AvgIpc) is 2.66. The van der Waals surface area contributed by atoms with Gasteiger partial charge in [0.2, 0.25) is 0 Å². The van der Waals surface area contributed by atoms with Gasteiger partial charge in [0.25, 0.3) is 10.0 Å². The molecule has 1 aromatic heterocycles. The first kappa shape index (κ1) is 12.7. The van der Waals surface area contributed by atoms with Crippen LogP contribution in [0.2, 0.25) is 0 Å². The van der Waals surface area contributed by atoms with Crippen LogP contribution in [0, 0.1) is 0 Å². The molecule has 0 unspecified atom stereocenters. The summed E-state index contributed by atoms with van der Waals surface area (Å²) in [5, 5.41) is 14.4. The summed E-state index contributed by atoms with van der Waals surface area (Å²) in [4.78, 5) is 10.6. The molecule has 0 aliphatic rings. The number of aromatic amines is 1. The van der Waals surface area contributed by atoms with Crippen molar-refractivity contribution in [2.75, 3.05) is 6.54 Å². The van der Waals surface area contributed by atoms with Crippen molar-refractivity contribution < 1.29 is 18.3 Å². The van der Waals surface area contributed by atoms with Gasteiger partial charge in [-0.15, -0.1) is 0 Å². The summed E-state index contributed by atoms with van der Waals surface area (Å²) < 4.78 is 24.8. The fourth-order valence-corrected chi connectivity index (χ4v) is 2.68. The molecule has 2 N–H and O–H groups in total. The number of nitrogens with zero attached hydrogens (tertiary/aromatic N) is 2. The molecule has 16 heavy (non-hydrogen) atoms. The zero-order chi connectivity index (χ0) is 12.3. The average molecular weight is 247 g/mol. The maximum Gasteiger partial charge on any atom is 0.318 e. The number of sulfonamides is 1. The molecule has 1 aromatic rings. The minimum Gasteiger partial charge on any atom is -0.480 e. The normalized spacial score (nSPS) is 12.2. The summed E-state index contributed by atoms with van der Waals surface area (Å²) in [5.74, 6) is -1.20. The van der Waals surface area contributed by atoms with Crippen LogP contribution in [0.4, 0.5) is 0 Å². The zero-order valence-electron chi connectivity index (χ0n) is 8.91. The fraction of sp³-hybridized carbons (Fsp3) is 0.500. The van der Waals surface area contributed by atoms with Crippen LogP contribution in [0.3, 0.4) is 0 Å². The van der Waals surface area contributed by atoms with Crippen LogP contribution in [0.25, 0.3) is 0 Å². The van der Waals surface area contributed by atoms with Crippen molar-refractivity contribution >= 4 is 16.0 Å². The Kier molecular flexibility index (Phi) is 3.66. The summed E-state index contributed by atoms with van der Waals surface area (Å²) in [6, 6.07) is 0.844. The molecule has 0 saturated carbocycles. The first-order valence-corrected chi connectivity index (χ1v) is 6.02. The maximum absolute atomic E-state index is 12.0. The van der Waals surface area contributed by atoms with Crippen molar-refractivity contribution in [1.82, 2.24) is 14.5 Å². The Hall–Kier alpha value is -1.41. The lowest BCUT2D eigenvalue weighted by Crippen LogP contribution is -2.40. The SMILES string of the molecule is CC(C)N(CC(=O)O)S(=O)(=O)c1ccn[nH]1. The molecule has 0 bridgehead atoms. The number of aromatic nitrogens is 2. The van der Waals surface area contributed by atoms with E-state index < -0.39 is 28.6 Å². The van der Waals surface area contributed by atoms with Crippen LogP contribution in [0.1, 0.15) is 13.8 Å². The Morgan fingerprint density at radius 1 is 1.62 bits per heavy atom. The molecule has 0 amide bonds. The standard InChI is InChI=1S/C8H13N3O4S/c1-6(2)11(5-8(12)13)16(14,15)7-3-4-9-10-7/h3-4,6H,5H2,1-2H3,(H,9,10)(H,12,13). The molecule has 0 radical (unpaired) electrons. The van der Waals surface area contributed by atoms with Crippen LogP contribution >= 0.6 is 0 Å². The number of rotatable bonds is 5. The lowest BCUT2D eigenvalue weighted by molar-refractivity contribution is -0.137. The van der Waals surface area contributed by atoms with Gasteiger partial charge in [-0.1, -0.05) is 0 Å². The van der Waals surface area contributed by atoms with Gasteiger partial charge in [-0.2, -0.15) is 9.40 Å². The third-order valence-electron chi connectivity index (χ3n) is 1.93. The molecule has 7 nitrogen and oxygen atoms in total. The van der Waals surface area contributed by atoms with E-state index in [1.807, 2.05) is 0 Å². The fourth-order valence-electron chi connectivity index (χ4n) is 1.19. The number of carboxylic acid groups (broad SMARTS) is 1. The van der Waals surface area contributed by atoms with E-state index >= 15 is 0 Å². The van der Waals surface area contributed by atoms with Gasteiger partial charge in [0.15, 0.2) is 5.03 Å². The number of hydrogen-bond acceptors (Lipinski definition) is 4. The van der Waals surface area contributed by atoms with Crippen LogP contribution in [-0.4, -0.2) is 46.6 Å². The molecule has 0 atom stereocenters. The highest BCUT2D eigenvalue weighted by Crippen LogP contribution is 2.14. The molecular weight excluding hydrogens is 234 g/mol. The second-order valence-corrected chi connectivity index (χ2v) is 5.32. The molecule has 8 heteroatoms. The summed E-state index contributed by atoms with van der Waals surface area (Å²) in [5.41, 5.74) is 0. The zero-order valence-corrected chi connectivity index (χ0v) is 9.73. The Balaban J connectivity index is 3.08. The molecule has 0 spiro atoms. The molecule has 0 aliphatic heterocycles. The predicted molar refractivity (Wildman–Crippen MR) is 55.3 cm³/mol. The molecule has 0 aromatic carbocycles. The summed E-state index contributed by atoms with van der Waals surface area (Å²) in [7, 11) is -3.82. The monoisotopic (exact) mass is 247 g/mol. The number of hydrogen-bond donors (Lipinski definition) is 2. The second-order valence-electron chi connectivity index (χ2n) is 3.46. The third kappa shape index (κ3) is 2.58. The van der Waals surface area contributed by atoms with Crippen molar-refractivity contribution in [3.05, 3.63) is 12.3 Å². The second kappa shape index (κ2) is 4.62. The molecule has 0 aliphatic carbocycles. The van der Waals surface area contributed by atoms with E-state index in [0.717, 1.165) is 4.31 Å². The van der Waals surface area contributed by atoms with Gasteiger partial charge < -0.3 is 5.11 Å². The molecule has 1 heterocycles. The molecular formula is C8H13N3O4S. The highest BCUT2D eigenvalue weighted by molar-refractivity contribution is 7.89. The van der Waals surface area contributed by atoms with Crippen molar-refractivity contribution in [2.24, 2.45) is 0 Å². The highest BCUT2D eigenvalue weighted by Gasteiger charge is 2.29. The Morgan fingerprint density at radius 3 is 2.62 bits per heavy atom. The Labute approximate surface area is 93.1 Å². The first-order valence-electron chi connectivity index (χ1n) is 4.58. The molecule has 0 fully saturated rings. The number of carbonyl (C=O) groups is 1. The quantitative estimate of drug-likeness (QED) is 0.755. The van der Waals surface area contributed by atoms with E-state index in [0.29, 0.717) is 0 Å². The molecule has 90 valence electrons. The lowest BCUT2D eigenvalue weighted by Gasteiger charge is -2.22. The summed E-state index contributed by atoms with van der Waals surface area (Å²) in [6.45, 7) is 2.65. The van der Waals surface area contributed by atoms with E-state index in [9.17, 15) is 13.2 Å². The summed E-state index contributed by atoms with van der Waals surface area (Å²) >= 11 is 0. The topological polar surface area (TPSA) is 103 Å². The highest BCUT2D eigenvalue weighted by atomic mass is 32.2. The number of carboxylic acids is 1. The van der Waals surface area contributed by atoms with E-state index in [-0.39, 0.29) is 5.03 Å². The van der Waals surface area contributed by atoms with Crippen LogP contribution in [0.5, 0.6) is 0 Å². The van der Waals surface area contributed by atoms with Gasteiger partial charge in [0, 0.05) is 6.04 Å². The van der Waals surface area contributed by atoms with Gasteiger partial charge >= 0.3 is 5.97 Å². The molecule has 0 saturated heterocycles. The minimum absolute atomic E-state index is 0.109. The van der Waals surface area contributed by atoms with Crippen LogP contribution < -0.4 is 0 Å². The number of nitrogens with one attached hydrogen (secondary N) is 1. The van der Waals surface area contributed by atoms with E-state index in [1.54, 1.807) is 13.8 Å². The van der Waals surface area contributed by atoms with E-state index in [1.165, 1.54) is 12.3 Å².